The Hall–Kier alpha value is -0.970. The van der Waals surface area contributed by atoms with Crippen LogP contribution in [0, 0.1) is 0 Å². The third-order valence-corrected chi connectivity index (χ3v) is 2.66. The van der Waals surface area contributed by atoms with Crippen LogP contribution in [0.2, 0.25) is 0 Å². The maximum absolute atomic E-state index is 5.82. The highest BCUT2D eigenvalue weighted by atomic mass is 15.6. The van der Waals surface area contributed by atoms with Crippen LogP contribution in [0.25, 0.3) is 0 Å². The molecule has 0 spiro atoms. The molecule has 1 aliphatic carbocycles. The summed E-state index contributed by atoms with van der Waals surface area (Å²) in [6.07, 6.45) is 4.38. The van der Waals surface area contributed by atoms with Crippen LogP contribution in [0.1, 0.15) is 37.4 Å². The molecule has 0 radical (unpaired) electrons. The average molecular weight is 181 g/mol. The van der Waals surface area contributed by atoms with Crippen molar-refractivity contribution in [1.29, 1.82) is 0 Å². The molecule has 0 bridgehead atoms. The van der Waals surface area contributed by atoms with Gasteiger partial charge in [0, 0.05) is 12.0 Å². The summed E-state index contributed by atoms with van der Waals surface area (Å²) in [6, 6.07) is 0.382. The maximum atomic E-state index is 5.82. The number of rotatable bonds is 1. The van der Waals surface area contributed by atoms with E-state index in [-0.39, 0.29) is 0 Å². The lowest BCUT2D eigenvalue weighted by Gasteiger charge is -2.23. The van der Waals surface area contributed by atoms with Gasteiger partial charge >= 0.3 is 0 Å². The van der Waals surface area contributed by atoms with Gasteiger partial charge in [-0.25, -0.2) is 0 Å². The minimum absolute atomic E-state index is 0.382. The van der Waals surface area contributed by atoms with E-state index in [0.29, 0.717) is 12.0 Å². The monoisotopic (exact) mass is 181 g/mol. The van der Waals surface area contributed by atoms with Crippen LogP contribution in [0.4, 0.5) is 0 Å². The number of aryl methyl sites for hydroxylation is 1. The topological polar surface area (TPSA) is 69.6 Å². The zero-order valence-corrected chi connectivity index (χ0v) is 7.85. The molecule has 2 N–H and O–H groups in total. The van der Waals surface area contributed by atoms with Crippen LogP contribution in [0.5, 0.6) is 0 Å². The molecule has 1 fully saturated rings. The third-order valence-electron chi connectivity index (χ3n) is 2.66. The van der Waals surface area contributed by atoms with Crippen LogP contribution < -0.4 is 5.73 Å². The molecule has 2 rings (SSSR count). The fourth-order valence-corrected chi connectivity index (χ4v) is 1.84. The SMILES string of the molecule is Cn1nnc(C2CCC(N)CC2)n1. The molecule has 13 heavy (non-hydrogen) atoms. The number of aromatic nitrogens is 4. The first-order chi connectivity index (χ1) is 6.25. The Morgan fingerprint density at radius 1 is 1.31 bits per heavy atom. The van der Waals surface area contributed by atoms with Crippen molar-refractivity contribution in [2.75, 3.05) is 0 Å². The van der Waals surface area contributed by atoms with E-state index < -0.39 is 0 Å². The highest BCUT2D eigenvalue weighted by Crippen LogP contribution is 2.29. The van der Waals surface area contributed by atoms with Gasteiger partial charge in [0.25, 0.3) is 0 Å². The summed E-state index contributed by atoms with van der Waals surface area (Å²) in [5.74, 6) is 1.36. The van der Waals surface area contributed by atoms with Crippen LogP contribution in [0.15, 0.2) is 0 Å². The molecule has 0 amide bonds. The molecular weight excluding hydrogens is 166 g/mol. The number of tetrazole rings is 1. The second kappa shape index (κ2) is 3.41. The Kier molecular flexibility index (Phi) is 2.26. The second-order valence-corrected chi connectivity index (χ2v) is 3.75. The summed E-state index contributed by atoms with van der Waals surface area (Å²) in [4.78, 5) is 1.52. The summed E-state index contributed by atoms with van der Waals surface area (Å²) in [7, 11) is 1.80. The third kappa shape index (κ3) is 1.85. The summed E-state index contributed by atoms with van der Waals surface area (Å²) in [5.41, 5.74) is 5.82. The van der Waals surface area contributed by atoms with Crippen molar-refractivity contribution in [1.82, 2.24) is 20.2 Å². The fourth-order valence-electron chi connectivity index (χ4n) is 1.84. The highest BCUT2D eigenvalue weighted by Gasteiger charge is 2.23. The molecule has 0 aromatic carbocycles. The van der Waals surface area contributed by atoms with Crippen LogP contribution in [-0.2, 0) is 7.05 Å². The van der Waals surface area contributed by atoms with Crippen molar-refractivity contribution in [2.24, 2.45) is 12.8 Å². The van der Waals surface area contributed by atoms with Gasteiger partial charge < -0.3 is 5.73 Å². The molecule has 0 aliphatic heterocycles. The van der Waals surface area contributed by atoms with Gasteiger partial charge in [-0.2, -0.15) is 4.80 Å². The number of hydrogen-bond acceptors (Lipinski definition) is 4. The minimum Gasteiger partial charge on any atom is -0.328 e. The molecule has 1 aromatic rings. The largest absolute Gasteiger partial charge is 0.328 e. The first-order valence-electron chi connectivity index (χ1n) is 4.75. The van der Waals surface area contributed by atoms with Gasteiger partial charge in [-0.1, -0.05) is 0 Å². The van der Waals surface area contributed by atoms with Gasteiger partial charge in [-0.3, -0.25) is 0 Å². The van der Waals surface area contributed by atoms with Gasteiger partial charge in [-0.05, 0) is 30.9 Å². The first-order valence-corrected chi connectivity index (χ1v) is 4.75. The van der Waals surface area contributed by atoms with Crippen LogP contribution in [-0.4, -0.2) is 26.2 Å². The molecule has 5 nitrogen and oxygen atoms in total. The molecule has 1 heterocycles. The maximum Gasteiger partial charge on any atom is 0.177 e. The number of hydrogen-bond donors (Lipinski definition) is 1. The van der Waals surface area contributed by atoms with Crippen LogP contribution >= 0.6 is 0 Å². The summed E-state index contributed by atoms with van der Waals surface area (Å²) in [6.45, 7) is 0. The number of nitrogens with two attached hydrogens (primary N) is 1. The second-order valence-electron chi connectivity index (χ2n) is 3.75. The molecule has 5 heteroatoms. The predicted octanol–water partition coefficient (Wildman–Crippen LogP) is 0.195. The quantitative estimate of drug-likeness (QED) is 0.671. The zero-order chi connectivity index (χ0) is 9.26. The molecule has 0 saturated heterocycles. The van der Waals surface area contributed by atoms with Gasteiger partial charge in [0.15, 0.2) is 5.82 Å². The van der Waals surface area contributed by atoms with Crippen molar-refractivity contribution in [2.45, 2.75) is 37.6 Å². The molecule has 1 aliphatic rings. The van der Waals surface area contributed by atoms with Crippen molar-refractivity contribution < 1.29 is 0 Å². The fraction of sp³-hybridized carbons (Fsp3) is 0.875. The van der Waals surface area contributed by atoms with E-state index in [0.717, 1.165) is 31.5 Å². The highest BCUT2D eigenvalue weighted by molar-refractivity contribution is 4.94. The van der Waals surface area contributed by atoms with E-state index in [2.05, 4.69) is 15.4 Å². The molecule has 72 valence electrons. The molecular formula is C8H15N5. The van der Waals surface area contributed by atoms with Crippen molar-refractivity contribution in [3.05, 3.63) is 5.82 Å². The Balaban J connectivity index is 2.02. The summed E-state index contributed by atoms with van der Waals surface area (Å²) < 4.78 is 0. The van der Waals surface area contributed by atoms with E-state index in [1.807, 2.05) is 0 Å². The zero-order valence-electron chi connectivity index (χ0n) is 7.85. The Morgan fingerprint density at radius 2 is 2.00 bits per heavy atom. The van der Waals surface area contributed by atoms with E-state index >= 15 is 0 Å². The van der Waals surface area contributed by atoms with E-state index in [1.54, 1.807) is 7.05 Å². The van der Waals surface area contributed by atoms with E-state index in [4.69, 9.17) is 5.73 Å². The van der Waals surface area contributed by atoms with Crippen molar-refractivity contribution in [3.63, 3.8) is 0 Å². The van der Waals surface area contributed by atoms with E-state index in [1.165, 1.54) is 4.80 Å². The predicted molar refractivity (Wildman–Crippen MR) is 48.0 cm³/mol. The van der Waals surface area contributed by atoms with Gasteiger partial charge in [-0.15, -0.1) is 10.2 Å². The van der Waals surface area contributed by atoms with Gasteiger partial charge in [0.05, 0.1) is 7.05 Å². The summed E-state index contributed by atoms with van der Waals surface area (Å²) in [5, 5.41) is 12.1. The smallest absolute Gasteiger partial charge is 0.177 e. The molecule has 1 aromatic heterocycles. The lowest BCUT2D eigenvalue weighted by atomic mass is 9.86. The first kappa shape index (κ1) is 8.62. The lowest BCUT2D eigenvalue weighted by molar-refractivity contribution is 0.384. The number of nitrogens with zero attached hydrogens (tertiary/aromatic N) is 4. The normalized spacial score (nSPS) is 29.1. The Labute approximate surface area is 77.3 Å². The van der Waals surface area contributed by atoms with Gasteiger partial charge in [0.1, 0.15) is 0 Å². The van der Waals surface area contributed by atoms with Crippen molar-refractivity contribution in [3.8, 4) is 0 Å². The standard InChI is InChI=1S/C8H15N5/c1-13-11-8(10-12-13)6-2-4-7(9)5-3-6/h6-7H,2-5,9H2,1H3. The minimum atomic E-state index is 0.382. The van der Waals surface area contributed by atoms with Crippen molar-refractivity contribution >= 4 is 0 Å². The average Bonchev–Trinajstić information content (AvgIpc) is 2.53. The molecule has 0 atom stereocenters. The molecule has 1 saturated carbocycles. The molecule has 0 unspecified atom stereocenters. The van der Waals surface area contributed by atoms with Gasteiger partial charge in [0.2, 0.25) is 0 Å². The van der Waals surface area contributed by atoms with Crippen LogP contribution in [0.3, 0.4) is 0 Å². The summed E-state index contributed by atoms with van der Waals surface area (Å²) >= 11 is 0. The Morgan fingerprint density at radius 3 is 2.54 bits per heavy atom. The lowest BCUT2D eigenvalue weighted by Crippen LogP contribution is -2.26. The Bertz CT molecular complexity index is 274. The van der Waals surface area contributed by atoms with E-state index in [9.17, 15) is 0 Å².